The molecule has 7 heteroatoms. The monoisotopic (exact) mass is 399 g/mol. The molecule has 0 bridgehead atoms. The van der Waals surface area contributed by atoms with Crippen LogP contribution in [0, 0.1) is 5.92 Å². The van der Waals surface area contributed by atoms with Gasteiger partial charge in [0.05, 0.1) is 12.7 Å². The molecule has 0 aliphatic heterocycles. The highest BCUT2D eigenvalue weighted by Crippen LogP contribution is 2.22. The van der Waals surface area contributed by atoms with E-state index in [1.165, 1.54) is 0 Å². The van der Waals surface area contributed by atoms with E-state index in [1.807, 2.05) is 38.1 Å². The smallest absolute Gasteiger partial charge is 0.224 e. The number of hydrogen-bond acceptors (Lipinski definition) is 4. The number of aliphatic imine (C=N–C) groups is 1. The number of carbonyl (C=O) groups excluding carboxylic acids is 1. The third-order valence-electron chi connectivity index (χ3n) is 4.19. The Bertz CT molecular complexity index is 834. The van der Waals surface area contributed by atoms with Gasteiger partial charge in [-0.25, -0.2) is 4.98 Å². The van der Waals surface area contributed by atoms with Gasteiger partial charge in [0.15, 0.2) is 5.96 Å². The van der Waals surface area contributed by atoms with Gasteiger partial charge in [0.2, 0.25) is 11.8 Å². The molecule has 0 spiro atoms. The number of benzene rings is 1. The second-order valence-electron chi connectivity index (χ2n) is 8.49. The first-order valence-corrected chi connectivity index (χ1v) is 9.96. The number of oxazole rings is 1. The number of carbonyl (C=O) groups is 1. The maximum atomic E-state index is 12.0. The molecule has 0 aliphatic carbocycles. The quantitative estimate of drug-likeness (QED) is 0.486. The summed E-state index contributed by atoms with van der Waals surface area (Å²) in [6.07, 6.45) is 2.28. The zero-order valence-corrected chi connectivity index (χ0v) is 18.3. The van der Waals surface area contributed by atoms with Gasteiger partial charge in [-0.15, -0.1) is 0 Å². The van der Waals surface area contributed by atoms with Crippen molar-refractivity contribution in [3.8, 4) is 0 Å². The van der Waals surface area contributed by atoms with Gasteiger partial charge < -0.3 is 20.4 Å². The molecule has 29 heavy (non-hydrogen) atoms. The topological polar surface area (TPSA) is 91.5 Å². The summed E-state index contributed by atoms with van der Waals surface area (Å²) in [4.78, 5) is 20.5. The lowest BCUT2D eigenvalue weighted by Gasteiger charge is -2.14. The molecule has 3 N–H and O–H groups in total. The molecule has 0 radical (unpaired) electrons. The lowest BCUT2D eigenvalue weighted by atomic mass is 9.94. The summed E-state index contributed by atoms with van der Waals surface area (Å²) >= 11 is 0. The van der Waals surface area contributed by atoms with Crippen LogP contribution >= 0.6 is 0 Å². The Kier molecular flexibility index (Phi) is 7.82. The molecule has 158 valence electrons. The van der Waals surface area contributed by atoms with Gasteiger partial charge in [0.1, 0.15) is 5.76 Å². The summed E-state index contributed by atoms with van der Waals surface area (Å²) in [5.41, 5.74) is 1.77. The Morgan fingerprint density at radius 1 is 1.21 bits per heavy atom. The lowest BCUT2D eigenvalue weighted by Crippen LogP contribution is -2.36. The zero-order chi connectivity index (χ0) is 21.4. The molecule has 1 aromatic heterocycles. The molecule has 0 atom stereocenters. The Balaban J connectivity index is 1.87. The third-order valence-corrected chi connectivity index (χ3v) is 4.19. The Hall–Kier alpha value is -2.83. The number of anilines is 1. The molecular weight excluding hydrogens is 366 g/mol. The van der Waals surface area contributed by atoms with Crippen molar-refractivity contribution in [2.24, 2.45) is 10.9 Å². The van der Waals surface area contributed by atoms with Gasteiger partial charge in [-0.3, -0.25) is 9.79 Å². The van der Waals surface area contributed by atoms with E-state index in [-0.39, 0.29) is 11.3 Å². The highest BCUT2D eigenvalue weighted by Gasteiger charge is 2.19. The Labute approximate surface area is 173 Å². The number of nitrogens with zero attached hydrogens (tertiary/aromatic N) is 2. The summed E-state index contributed by atoms with van der Waals surface area (Å²) in [6.45, 7) is 11.3. The second-order valence-corrected chi connectivity index (χ2v) is 8.49. The van der Waals surface area contributed by atoms with Gasteiger partial charge in [-0.05, 0) is 23.6 Å². The zero-order valence-electron chi connectivity index (χ0n) is 18.3. The van der Waals surface area contributed by atoms with E-state index >= 15 is 0 Å². The van der Waals surface area contributed by atoms with Crippen LogP contribution in [0.3, 0.4) is 0 Å². The highest BCUT2D eigenvalue weighted by atomic mass is 16.4. The van der Waals surface area contributed by atoms with Crippen LogP contribution < -0.4 is 16.0 Å². The molecule has 1 heterocycles. The minimum absolute atomic E-state index is 0.0307. The fourth-order valence-electron chi connectivity index (χ4n) is 2.65. The van der Waals surface area contributed by atoms with Crippen LogP contribution in [0.2, 0.25) is 0 Å². The van der Waals surface area contributed by atoms with E-state index in [9.17, 15) is 4.79 Å². The summed E-state index contributed by atoms with van der Waals surface area (Å²) in [6, 6.07) is 7.79. The average Bonchev–Trinajstić information content (AvgIpc) is 3.11. The van der Waals surface area contributed by atoms with E-state index in [0.29, 0.717) is 37.3 Å². The van der Waals surface area contributed by atoms with Crippen LogP contribution in [-0.4, -0.2) is 23.9 Å². The normalized spacial score (nSPS) is 12.2. The van der Waals surface area contributed by atoms with E-state index in [1.54, 1.807) is 13.2 Å². The number of aromatic nitrogens is 1. The first kappa shape index (κ1) is 22.5. The molecule has 2 aromatic rings. The molecule has 7 nitrogen and oxygen atoms in total. The third kappa shape index (κ3) is 7.60. The van der Waals surface area contributed by atoms with Crippen molar-refractivity contribution in [2.45, 2.75) is 59.5 Å². The Morgan fingerprint density at radius 2 is 1.93 bits per heavy atom. The van der Waals surface area contributed by atoms with Crippen LogP contribution in [0.4, 0.5) is 5.69 Å². The summed E-state index contributed by atoms with van der Waals surface area (Å²) in [5.74, 6) is 2.48. The van der Waals surface area contributed by atoms with Gasteiger partial charge in [0, 0.05) is 31.1 Å². The predicted molar refractivity (Wildman–Crippen MR) is 117 cm³/mol. The van der Waals surface area contributed by atoms with Crippen molar-refractivity contribution < 1.29 is 9.21 Å². The van der Waals surface area contributed by atoms with E-state index in [0.717, 1.165) is 17.0 Å². The van der Waals surface area contributed by atoms with Crippen molar-refractivity contribution in [1.29, 1.82) is 0 Å². The molecule has 1 aromatic carbocycles. The number of nitrogens with one attached hydrogen (secondary N) is 3. The number of amides is 1. The Morgan fingerprint density at radius 3 is 2.55 bits per heavy atom. The van der Waals surface area contributed by atoms with Crippen LogP contribution in [-0.2, 0) is 23.3 Å². The van der Waals surface area contributed by atoms with Gasteiger partial charge >= 0.3 is 0 Å². The number of hydrogen-bond donors (Lipinski definition) is 3. The van der Waals surface area contributed by atoms with Crippen molar-refractivity contribution in [2.75, 3.05) is 12.4 Å². The van der Waals surface area contributed by atoms with Crippen molar-refractivity contribution in [3.63, 3.8) is 0 Å². The SMILES string of the molecule is CN=C(NCc1cccc(NC(=O)CC(C)C)c1)NCc1ncc(C(C)(C)C)o1. The fraction of sp³-hybridized carbons (Fsp3) is 0.500. The predicted octanol–water partition coefficient (Wildman–Crippen LogP) is 3.82. The minimum Gasteiger partial charge on any atom is -0.443 e. The first-order valence-electron chi connectivity index (χ1n) is 9.96. The highest BCUT2D eigenvalue weighted by molar-refractivity contribution is 5.90. The number of guanidine groups is 1. The van der Waals surface area contributed by atoms with Crippen LogP contribution in [0.5, 0.6) is 0 Å². The van der Waals surface area contributed by atoms with Crippen molar-refractivity contribution >= 4 is 17.6 Å². The number of rotatable bonds is 7. The van der Waals surface area contributed by atoms with E-state index in [2.05, 4.69) is 46.7 Å². The van der Waals surface area contributed by atoms with Crippen molar-refractivity contribution in [3.05, 3.63) is 47.7 Å². The van der Waals surface area contributed by atoms with Crippen LogP contribution in [0.15, 0.2) is 39.9 Å². The second kappa shape index (κ2) is 10.1. The summed E-state index contributed by atoms with van der Waals surface area (Å²) in [5, 5.41) is 9.41. The molecule has 0 unspecified atom stereocenters. The first-order chi connectivity index (χ1) is 13.7. The maximum Gasteiger partial charge on any atom is 0.224 e. The lowest BCUT2D eigenvalue weighted by molar-refractivity contribution is -0.116. The maximum absolute atomic E-state index is 12.0. The van der Waals surface area contributed by atoms with Gasteiger partial charge in [-0.2, -0.15) is 0 Å². The molecule has 0 saturated heterocycles. The standard InChI is InChI=1S/C22H33N5O2/c1-15(2)10-19(28)27-17-9-7-8-16(11-17)12-25-21(23-6)26-14-20-24-13-18(29-20)22(3,4)5/h7-9,11,13,15H,10,12,14H2,1-6H3,(H,27,28)(H2,23,25,26). The largest absolute Gasteiger partial charge is 0.443 e. The molecule has 2 rings (SSSR count). The van der Waals surface area contributed by atoms with Gasteiger partial charge in [0.25, 0.3) is 0 Å². The van der Waals surface area contributed by atoms with Crippen LogP contribution in [0.25, 0.3) is 0 Å². The molecule has 0 aliphatic rings. The van der Waals surface area contributed by atoms with E-state index < -0.39 is 0 Å². The molecular formula is C22H33N5O2. The summed E-state index contributed by atoms with van der Waals surface area (Å²) in [7, 11) is 1.72. The van der Waals surface area contributed by atoms with E-state index in [4.69, 9.17) is 4.42 Å². The summed E-state index contributed by atoms with van der Waals surface area (Å²) < 4.78 is 5.79. The fourth-order valence-corrected chi connectivity index (χ4v) is 2.65. The minimum atomic E-state index is -0.0687. The molecule has 0 saturated carbocycles. The van der Waals surface area contributed by atoms with Crippen molar-refractivity contribution in [1.82, 2.24) is 15.6 Å². The van der Waals surface area contributed by atoms with Gasteiger partial charge in [-0.1, -0.05) is 46.8 Å². The average molecular weight is 400 g/mol. The molecule has 0 fully saturated rings. The van der Waals surface area contributed by atoms with Crippen LogP contribution in [0.1, 0.15) is 58.3 Å². The molecule has 1 amide bonds.